The molecule has 114 valence electrons. The molecule has 1 aromatic carbocycles. The van der Waals surface area contributed by atoms with Gasteiger partial charge >= 0.3 is 6.09 Å². The molecule has 0 aliphatic carbocycles. The molecular weight excluding hydrogens is 278 g/mol. The second-order valence-corrected chi connectivity index (χ2v) is 4.70. The van der Waals surface area contributed by atoms with Crippen molar-refractivity contribution < 1.29 is 28.5 Å². The highest BCUT2D eigenvalue weighted by Gasteiger charge is 2.35. The minimum absolute atomic E-state index is 0.100. The van der Waals surface area contributed by atoms with Crippen LogP contribution in [0.3, 0.4) is 0 Å². The molecule has 2 aliphatic rings. The fourth-order valence-corrected chi connectivity index (χ4v) is 2.55. The molecule has 2 heterocycles. The van der Waals surface area contributed by atoms with Crippen molar-refractivity contribution in [3.63, 3.8) is 0 Å². The Hall–Kier alpha value is -1.99. The van der Waals surface area contributed by atoms with Crippen molar-refractivity contribution in [1.29, 1.82) is 0 Å². The van der Waals surface area contributed by atoms with E-state index in [0.29, 0.717) is 18.1 Å². The fourth-order valence-electron chi connectivity index (χ4n) is 2.55. The monoisotopic (exact) mass is 295 g/mol. The molecule has 1 aromatic rings. The SMILES string of the molecule is CNC(=O)OCC1OCC(OC)c2ccc3c(c21)OCO3. The van der Waals surface area contributed by atoms with Crippen LogP contribution >= 0.6 is 0 Å². The average Bonchev–Trinajstić information content (AvgIpc) is 3.00. The van der Waals surface area contributed by atoms with Gasteiger partial charge in [-0.05, 0) is 11.6 Å². The largest absolute Gasteiger partial charge is 0.454 e. The van der Waals surface area contributed by atoms with Crippen molar-refractivity contribution in [3.8, 4) is 11.5 Å². The van der Waals surface area contributed by atoms with E-state index in [1.54, 1.807) is 7.11 Å². The smallest absolute Gasteiger partial charge is 0.406 e. The summed E-state index contributed by atoms with van der Waals surface area (Å²) < 4.78 is 27.2. The predicted octanol–water partition coefficient (Wildman–Crippen LogP) is 1.53. The molecule has 21 heavy (non-hydrogen) atoms. The molecule has 2 atom stereocenters. The minimum atomic E-state index is -0.501. The number of hydrogen-bond donors (Lipinski definition) is 1. The molecule has 1 amide bonds. The Bertz CT molecular complexity index is 547. The summed E-state index contributed by atoms with van der Waals surface area (Å²) in [6.45, 7) is 0.667. The maximum absolute atomic E-state index is 11.3. The van der Waals surface area contributed by atoms with Gasteiger partial charge in [0.15, 0.2) is 11.5 Å². The third-order valence-electron chi connectivity index (χ3n) is 3.58. The number of hydrogen-bond acceptors (Lipinski definition) is 6. The van der Waals surface area contributed by atoms with E-state index in [0.717, 1.165) is 11.1 Å². The van der Waals surface area contributed by atoms with Crippen LogP contribution in [0.15, 0.2) is 12.1 Å². The maximum Gasteiger partial charge on any atom is 0.406 e. The minimum Gasteiger partial charge on any atom is -0.454 e. The van der Waals surface area contributed by atoms with Gasteiger partial charge in [-0.1, -0.05) is 6.07 Å². The molecule has 3 rings (SSSR count). The third kappa shape index (κ3) is 2.50. The Kier molecular flexibility index (Phi) is 3.85. The first-order valence-electron chi connectivity index (χ1n) is 6.66. The lowest BCUT2D eigenvalue weighted by Gasteiger charge is -2.31. The maximum atomic E-state index is 11.3. The molecule has 0 aromatic heterocycles. The van der Waals surface area contributed by atoms with Gasteiger partial charge in [-0.2, -0.15) is 0 Å². The van der Waals surface area contributed by atoms with Crippen molar-refractivity contribution in [2.24, 2.45) is 0 Å². The highest BCUT2D eigenvalue weighted by atomic mass is 16.7. The number of fused-ring (bicyclic) bond motifs is 3. The van der Waals surface area contributed by atoms with Crippen LogP contribution in [0.4, 0.5) is 4.79 Å². The lowest BCUT2D eigenvalue weighted by atomic mass is 9.94. The van der Waals surface area contributed by atoms with Gasteiger partial charge in [-0.15, -0.1) is 0 Å². The van der Waals surface area contributed by atoms with Gasteiger partial charge < -0.3 is 29.0 Å². The second-order valence-electron chi connectivity index (χ2n) is 4.70. The molecule has 2 aliphatic heterocycles. The zero-order valence-corrected chi connectivity index (χ0v) is 11.9. The number of amides is 1. The Balaban J connectivity index is 1.92. The Morgan fingerprint density at radius 2 is 2.29 bits per heavy atom. The molecule has 0 fully saturated rings. The van der Waals surface area contributed by atoms with Gasteiger partial charge in [0.05, 0.1) is 6.61 Å². The lowest BCUT2D eigenvalue weighted by Crippen LogP contribution is -2.28. The molecule has 7 heteroatoms. The fraction of sp³-hybridized carbons (Fsp3) is 0.500. The predicted molar refractivity (Wildman–Crippen MR) is 71.4 cm³/mol. The molecule has 0 radical (unpaired) electrons. The highest BCUT2D eigenvalue weighted by Crippen LogP contribution is 2.46. The lowest BCUT2D eigenvalue weighted by molar-refractivity contribution is -0.0674. The summed E-state index contributed by atoms with van der Waals surface area (Å²) in [5.41, 5.74) is 1.80. The number of benzene rings is 1. The first-order chi connectivity index (χ1) is 10.2. The van der Waals surface area contributed by atoms with Gasteiger partial charge in [0.2, 0.25) is 6.79 Å². The van der Waals surface area contributed by atoms with Gasteiger partial charge in [0.25, 0.3) is 0 Å². The first-order valence-corrected chi connectivity index (χ1v) is 6.66. The molecular formula is C14H17NO6. The topological polar surface area (TPSA) is 75.3 Å². The van der Waals surface area contributed by atoms with E-state index in [1.807, 2.05) is 12.1 Å². The summed E-state index contributed by atoms with van der Waals surface area (Å²) in [6, 6.07) is 3.79. The van der Waals surface area contributed by atoms with Crippen LogP contribution in [-0.2, 0) is 14.2 Å². The Morgan fingerprint density at radius 3 is 3.05 bits per heavy atom. The number of nitrogens with one attached hydrogen (secondary N) is 1. The molecule has 7 nitrogen and oxygen atoms in total. The van der Waals surface area contributed by atoms with E-state index in [-0.39, 0.29) is 19.5 Å². The van der Waals surface area contributed by atoms with E-state index < -0.39 is 12.2 Å². The van der Waals surface area contributed by atoms with E-state index in [9.17, 15) is 4.79 Å². The summed E-state index contributed by atoms with van der Waals surface area (Å²) in [5, 5.41) is 2.40. The van der Waals surface area contributed by atoms with Crippen molar-refractivity contribution in [3.05, 3.63) is 23.3 Å². The van der Waals surface area contributed by atoms with Crippen molar-refractivity contribution in [1.82, 2.24) is 5.32 Å². The molecule has 0 saturated heterocycles. The average molecular weight is 295 g/mol. The number of carbonyl (C=O) groups is 1. The van der Waals surface area contributed by atoms with Crippen molar-refractivity contribution >= 4 is 6.09 Å². The number of ether oxygens (including phenoxy) is 5. The van der Waals surface area contributed by atoms with Crippen LogP contribution in [0.5, 0.6) is 11.5 Å². The van der Waals surface area contributed by atoms with Crippen molar-refractivity contribution in [2.45, 2.75) is 12.2 Å². The standard InChI is InChI=1S/C14H17NO6/c1-15-14(16)19-6-11-12-8(10(17-2)5-18-11)3-4-9-13(12)21-7-20-9/h3-4,10-11H,5-7H2,1-2H3,(H,15,16). The summed E-state index contributed by atoms with van der Waals surface area (Å²) in [4.78, 5) is 11.3. The van der Waals surface area contributed by atoms with Gasteiger partial charge in [-0.25, -0.2) is 4.79 Å². The summed E-state index contributed by atoms with van der Waals surface area (Å²) in [7, 11) is 3.14. The zero-order valence-electron chi connectivity index (χ0n) is 11.9. The van der Waals surface area contributed by atoms with Crippen molar-refractivity contribution in [2.75, 3.05) is 34.2 Å². The zero-order chi connectivity index (χ0) is 14.8. The van der Waals surface area contributed by atoms with Crippen LogP contribution in [0, 0.1) is 0 Å². The summed E-state index contributed by atoms with van der Waals surface area (Å²) in [6.07, 6.45) is -1.08. The van der Waals surface area contributed by atoms with E-state index in [2.05, 4.69) is 5.32 Å². The van der Waals surface area contributed by atoms with E-state index in [4.69, 9.17) is 23.7 Å². The first kappa shape index (κ1) is 14.0. The summed E-state index contributed by atoms with van der Waals surface area (Å²) >= 11 is 0. The molecule has 0 bridgehead atoms. The van der Waals surface area contributed by atoms with E-state index >= 15 is 0 Å². The number of methoxy groups -OCH3 is 1. The molecule has 0 saturated carbocycles. The third-order valence-corrected chi connectivity index (χ3v) is 3.58. The number of alkyl carbamates (subject to hydrolysis) is 1. The molecule has 2 unspecified atom stereocenters. The van der Waals surface area contributed by atoms with Crippen LogP contribution in [-0.4, -0.2) is 40.3 Å². The van der Waals surface area contributed by atoms with Crippen LogP contribution in [0.25, 0.3) is 0 Å². The van der Waals surface area contributed by atoms with Crippen LogP contribution in [0.2, 0.25) is 0 Å². The quantitative estimate of drug-likeness (QED) is 0.911. The molecule has 1 N–H and O–H groups in total. The second kappa shape index (κ2) is 5.79. The van der Waals surface area contributed by atoms with Crippen LogP contribution in [0.1, 0.15) is 23.3 Å². The highest BCUT2D eigenvalue weighted by molar-refractivity contribution is 5.66. The van der Waals surface area contributed by atoms with Gasteiger partial charge in [-0.3, -0.25) is 0 Å². The normalized spacial score (nSPS) is 22.6. The Labute approximate surface area is 122 Å². The molecule has 0 spiro atoms. The summed E-state index contributed by atoms with van der Waals surface area (Å²) in [5.74, 6) is 1.30. The van der Waals surface area contributed by atoms with E-state index in [1.165, 1.54) is 7.05 Å². The Morgan fingerprint density at radius 1 is 1.43 bits per heavy atom. The van der Waals surface area contributed by atoms with Gasteiger partial charge in [0, 0.05) is 19.7 Å². The van der Waals surface area contributed by atoms with Crippen LogP contribution < -0.4 is 14.8 Å². The number of rotatable bonds is 3. The number of carbonyl (C=O) groups excluding carboxylic acids is 1. The van der Waals surface area contributed by atoms with Gasteiger partial charge in [0.1, 0.15) is 18.8 Å².